The van der Waals surface area contributed by atoms with Crippen LogP contribution in [0, 0.1) is 5.92 Å². The first-order valence-corrected chi connectivity index (χ1v) is 12.0. The Morgan fingerprint density at radius 1 is 0.886 bits per heavy atom. The van der Waals surface area contributed by atoms with Gasteiger partial charge >= 0.3 is 6.09 Å². The van der Waals surface area contributed by atoms with Gasteiger partial charge in [-0.25, -0.2) is 4.79 Å². The number of ether oxygens (including phenoxy) is 3. The van der Waals surface area contributed by atoms with E-state index in [1.807, 2.05) is 44.2 Å². The highest BCUT2D eigenvalue weighted by atomic mass is 16.7. The number of ketones is 1. The predicted molar refractivity (Wildman–Crippen MR) is 130 cm³/mol. The molecular formula is C25H39N3O7. The van der Waals surface area contributed by atoms with Gasteiger partial charge < -0.3 is 30.2 Å². The normalized spacial score (nSPS) is 12.7. The smallest absolute Gasteiger partial charge is 0.408 e. The molecule has 0 bridgehead atoms. The van der Waals surface area contributed by atoms with Crippen LogP contribution in [-0.2, 0) is 35.2 Å². The second-order valence-corrected chi connectivity index (χ2v) is 8.27. The van der Waals surface area contributed by atoms with Gasteiger partial charge in [0.25, 0.3) is 5.91 Å². The van der Waals surface area contributed by atoms with Crippen molar-refractivity contribution in [3.63, 3.8) is 0 Å². The lowest BCUT2D eigenvalue weighted by atomic mass is 10.0. The van der Waals surface area contributed by atoms with Crippen molar-refractivity contribution in [3.8, 4) is 0 Å². The fourth-order valence-corrected chi connectivity index (χ4v) is 3.19. The van der Waals surface area contributed by atoms with Crippen LogP contribution < -0.4 is 16.0 Å². The molecule has 0 aromatic heterocycles. The molecule has 0 aliphatic carbocycles. The fraction of sp³-hybridized carbons (Fsp3) is 0.600. The summed E-state index contributed by atoms with van der Waals surface area (Å²) in [5.41, 5.74) is 0.811. The molecule has 1 aromatic rings. The predicted octanol–water partition coefficient (Wildman–Crippen LogP) is 2.31. The summed E-state index contributed by atoms with van der Waals surface area (Å²) >= 11 is 0. The van der Waals surface area contributed by atoms with Crippen LogP contribution in [0.15, 0.2) is 30.3 Å². The molecule has 1 aromatic carbocycles. The Kier molecular flexibility index (Phi) is 14.3. The molecule has 0 radical (unpaired) electrons. The molecule has 35 heavy (non-hydrogen) atoms. The quantitative estimate of drug-likeness (QED) is 0.238. The summed E-state index contributed by atoms with van der Waals surface area (Å²) in [6.07, 6.45) is -0.888. The molecule has 0 aliphatic heterocycles. The van der Waals surface area contributed by atoms with Gasteiger partial charge in [0, 0.05) is 13.2 Å². The topological polar surface area (TPSA) is 132 Å². The van der Waals surface area contributed by atoms with Crippen molar-refractivity contribution >= 4 is 23.7 Å². The van der Waals surface area contributed by atoms with E-state index in [-0.39, 0.29) is 25.5 Å². The van der Waals surface area contributed by atoms with Gasteiger partial charge in [0.2, 0.25) is 11.7 Å². The third-order valence-corrected chi connectivity index (χ3v) is 4.93. The van der Waals surface area contributed by atoms with Gasteiger partial charge in [-0.3, -0.25) is 14.4 Å². The van der Waals surface area contributed by atoms with E-state index in [4.69, 9.17) is 14.2 Å². The molecule has 0 saturated heterocycles. The van der Waals surface area contributed by atoms with E-state index < -0.39 is 42.1 Å². The molecule has 196 valence electrons. The number of Topliss-reactive ketones (excluding diaryl/α,β-unsaturated/α-hetero) is 1. The Bertz CT molecular complexity index is 796. The van der Waals surface area contributed by atoms with Gasteiger partial charge in [0.1, 0.15) is 12.6 Å². The zero-order valence-electron chi connectivity index (χ0n) is 21.3. The Morgan fingerprint density at radius 2 is 1.51 bits per heavy atom. The number of nitrogens with one attached hydrogen (secondary N) is 3. The minimum Gasteiger partial charge on any atom is -0.445 e. The summed E-state index contributed by atoms with van der Waals surface area (Å²) < 4.78 is 15.9. The van der Waals surface area contributed by atoms with Crippen LogP contribution in [-0.4, -0.2) is 61.8 Å². The number of amides is 3. The monoisotopic (exact) mass is 493 g/mol. The van der Waals surface area contributed by atoms with E-state index in [1.54, 1.807) is 20.8 Å². The van der Waals surface area contributed by atoms with Crippen LogP contribution in [0.3, 0.4) is 0 Å². The Balaban J connectivity index is 2.70. The fourth-order valence-electron chi connectivity index (χ4n) is 3.19. The van der Waals surface area contributed by atoms with E-state index in [0.29, 0.717) is 19.6 Å². The van der Waals surface area contributed by atoms with Crippen molar-refractivity contribution in [2.24, 2.45) is 5.92 Å². The first-order chi connectivity index (χ1) is 16.7. The van der Waals surface area contributed by atoms with Gasteiger partial charge in [0.05, 0.1) is 12.6 Å². The van der Waals surface area contributed by atoms with Crippen LogP contribution in [0.1, 0.15) is 53.0 Å². The summed E-state index contributed by atoms with van der Waals surface area (Å²) in [4.78, 5) is 50.2. The van der Waals surface area contributed by atoms with Crippen molar-refractivity contribution in [3.05, 3.63) is 35.9 Å². The molecule has 0 saturated carbocycles. The van der Waals surface area contributed by atoms with E-state index in [9.17, 15) is 19.2 Å². The van der Waals surface area contributed by atoms with Crippen LogP contribution in [0.4, 0.5) is 4.79 Å². The Labute approximate surface area is 207 Å². The molecule has 10 heteroatoms. The maximum absolute atomic E-state index is 12.9. The van der Waals surface area contributed by atoms with Crippen LogP contribution >= 0.6 is 0 Å². The van der Waals surface area contributed by atoms with Crippen molar-refractivity contribution < 1.29 is 33.4 Å². The van der Waals surface area contributed by atoms with Gasteiger partial charge in [-0.15, -0.1) is 0 Å². The summed E-state index contributed by atoms with van der Waals surface area (Å²) in [5.74, 6) is -2.13. The SMILES string of the molecule is CCOC(CNC(=O)C(=O)[C@H](CC)NC(=O)[C@H](CC(C)C)NC(=O)OCc1ccccc1)OCC. The van der Waals surface area contributed by atoms with E-state index >= 15 is 0 Å². The first-order valence-electron chi connectivity index (χ1n) is 12.0. The van der Waals surface area contributed by atoms with E-state index in [1.165, 1.54) is 0 Å². The number of hydrogen-bond donors (Lipinski definition) is 3. The Morgan fingerprint density at radius 3 is 2.06 bits per heavy atom. The number of rotatable bonds is 16. The van der Waals surface area contributed by atoms with Crippen molar-refractivity contribution in [1.29, 1.82) is 0 Å². The van der Waals surface area contributed by atoms with E-state index in [0.717, 1.165) is 5.56 Å². The summed E-state index contributed by atoms with van der Waals surface area (Å²) in [5, 5.41) is 7.64. The lowest BCUT2D eigenvalue weighted by Crippen LogP contribution is -2.54. The first kappa shape index (κ1) is 30.1. The highest BCUT2D eigenvalue weighted by Gasteiger charge is 2.30. The zero-order chi connectivity index (χ0) is 26.2. The molecule has 1 rings (SSSR count). The highest BCUT2D eigenvalue weighted by Crippen LogP contribution is 2.08. The lowest BCUT2D eigenvalue weighted by Gasteiger charge is -2.23. The lowest BCUT2D eigenvalue weighted by molar-refractivity contribution is -0.147. The maximum Gasteiger partial charge on any atom is 0.408 e. The van der Waals surface area contributed by atoms with Gasteiger partial charge in [0.15, 0.2) is 6.29 Å². The average molecular weight is 494 g/mol. The minimum atomic E-state index is -1.04. The second-order valence-electron chi connectivity index (χ2n) is 8.27. The maximum atomic E-state index is 12.9. The van der Waals surface area contributed by atoms with Crippen molar-refractivity contribution in [2.45, 2.75) is 72.4 Å². The molecule has 0 fully saturated rings. The molecule has 0 heterocycles. The van der Waals surface area contributed by atoms with Crippen LogP contribution in [0.25, 0.3) is 0 Å². The molecule has 10 nitrogen and oxygen atoms in total. The molecular weight excluding hydrogens is 454 g/mol. The summed E-state index contributed by atoms with van der Waals surface area (Å²) in [6.45, 7) is 9.91. The molecule has 3 amide bonds. The van der Waals surface area contributed by atoms with E-state index in [2.05, 4.69) is 16.0 Å². The summed E-state index contributed by atoms with van der Waals surface area (Å²) in [6, 6.07) is 7.18. The number of alkyl carbamates (subject to hydrolysis) is 1. The van der Waals surface area contributed by atoms with Crippen LogP contribution in [0.5, 0.6) is 0 Å². The van der Waals surface area contributed by atoms with Crippen molar-refractivity contribution in [2.75, 3.05) is 19.8 Å². The van der Waals surface area contributed by atoms with Gasteiger partial charge in [-0.2, -0.15) is 0 Å². The zero-order valence-corrected chi connectivity index (χ0v) is 21.3. The highest BCUT2D eigenvalue weighted by molar-refractivity contribution is 6.38. The van der Waals surface area contributed by atoms with Crippen molar-refractivity contribution in [1.82, 2.24) is 16.0 Å². The largest absolute Gasteiger partial charge is 0.445 e. The standard InChI is InChI=1S/C25H39N3O7/c1-6-19(22(29)24(31)26-15-21(33-7-2)34-8-3)27-23(30)20(14-17(4)5)28-25(32)35-16-18-12-10-9-11-13-18/h9-13,17,19-21H,6-8,14-16H2,1-5H3,(H,26,31)(H,27,30)(H,28,32)/t19-,20-/m0/s1. The third-order valence-electron chi connectivity index (χ3n) is 4.93. The number of carbonyl (C=O) groups is 4. The molecule has 0 unspecified atom stereocenters. The number of benzene rings is 1. The average Bonchev–Trinajstić information content (AvgIpc) is 2.84. The van der Waals surface area contributed by atoms with Gasteiger partial charge in [-0.1, -0.05) is 51.1 Å². The molecule has 2 atom stereocenters. The third kappa shape index (κ3) is 11.8. The minimum absolute atomic E-state index is 0.00141. The van der Waals surface area contributed by atoms with Crippen LogP contribution in [0.2, 0.25) is 0 Å². The number of hydrogen-bond acceptors (Lipinski definition) is 7. The van der Waals surface area contributed by atoms with Gasteiger partial charge in [-0.05, 0) is 38.2 Å². The molecule has 0 aliphatic rings. The summed E-state index contributed by atoms with van der Waals surface area (Å²) in [7, 11) is 0. The molecule has 3 N–H and O–H groups in total. The Hall–Kier alpha value is -2.98. The second kappa shape index (κ2) is 16.6. The molecule has 0 spiro atoms. The number of carbonyl (C=O) groups excluding carboxylic acids is 4.